The number of nitrogens with zero attached hydrogens (tertiary/aromatic N) is 1. The quantitative estimate of drug-likeness (QED) is 0.791. The fraction of sp³-hybridized carbons (Fsp3) is 0.263. The van der Waals surface area contributed by atoms with Gasteiger partial charge in [0.25, 0.3) is 0 Å². The molecule has 2 aromatic rings. The molecule has 124 valence electrons. The fourth-order valence-electron chi connectivity index (χ4n) is 2.42. The maximum atomic E-state index is 13.6. The summed E-state index contributed by atoms with van der Waals surface area (Å²) in [7, 11) is 0. The van der Waals surface area contributed by atoms with E-state index in [0.29, 0.717) is 18.7 Å². The zero-order chi connectivity index (χ0) is 17.4. The van der Waals surface area contributed by atoms with Crippen LogP contribution in [-0.2, 0) is 16.0 Å². The highest BCUT2D eigenvalue weighted by Gasteiger charge is 2.21. The minimum Gasteiger partial charge on any atom is -0.466 e. The van der Waals surface area contributed by atoms with Crippen molar-refractivity contribution < 1.29 is 13.9 Å². The molecule has 1 N–H and O–H groups in total. The van der Waals surface area contributed by atoms with E-state index in [1.807, 2.05) is 36.4 Å². The van der Waals surface area contributed by atoms with Crippen LogP contribution in [0.2, 0.25) is 0 Å². The van der Waals surface area contributed by atoms with Gasteiger partial charge in [0.2, 0.25) is 0 Å². The Labute approximate surface area is 140 Å². The lowest BCUT2D eigenvalue weighted by Crippen LogP contribution is -2.27. The SMILES string of the molecule is CCOC(=O)C(CNc1cccc(F)c1C#N)Cc1ccccc1. The van der Waals surface area contributed by atoms with Gasteiger partial charge in [-0.3, -0.25) is 4.79 Å². The Morgan fingerprint density at radius 3 is 2.67 bits per heavy atom. The lowest BCUT2D eigenvalue weighted by Gasteiger charge is -2.17. The van der Waals surface area contributed by atoms with E-state index in [1.165, 1.54) is 12.1 Å². The molecular formula is C19H19FN2O2. The third-order valence-corrected chi connectivity index (χ3v) is 3.61. The first kappa shape index (κ1) is 17.5. The van der Waals surface area contributed by atoms with Gasteiger partial charge in [-0.2, -0.15) is 5.26 Å². The Bertz CT molecular complexity index is 726. The predicted molar refractivity (Wildman–Crippen MR) is 89.9 cm³/mol. The molecule has 0 aliphatic heterocycles. The highest BCUT2D eigenvalue weighted by molar-refractivity contribution is 5.74. The minimum atomic E-state index is -0.585. The van der Waals surface area contributed by atoms with Crippen molar-refractivity contribution in [1.82, 2.24) is 0 Å². The number of anilines is 1. The number of hydrogen-bond acceptors (Lipinski definition) is 4. The van der Waals surface area contributed by atoms with Crippen LogP contribution in [0.3, 0.4) is 0 Å². The maximum absolute atomic E-state index is 13.6. The van der Waals surface area contributed by atoms with Gasteiger partial charge in [-0.15, -0.1) is 0 Å². The summed E-state index contributed by atoms with van der Waals surface area (Å²) < 4.78 is 18.8. The minimum absolute atomic E-state index is 0.0557. The van der Waals surface area contributed by atoms with E-state index < -0.39 is 11.7 Å². The molecule has 0 aromatic heterocycles. The first-order valence-electron chi connectivity index (χ1n) is 7.78. The standard InChI is InChI=1S/C19H19FN2O2/c1-2-24-19(23)15(11-14-7-4-3-5-8-14)13-22-18-10-6-9-17(20)16(18)12-21/h3-10,15,22H,2,11,13H2,1H3. The van der Waals surface area contributed by atoms with Gasteiger partial charge in [0.1, 0.15) is 17.4 Å². The summed E-state index contributed by atoms with van der Waals surface area (Å²) in [4.78, 5) is 12.2. The summed E-state index contributed by atoms with van der Waals surface area (Å²) in [5, 5.41) is 12.1. The molecule has 0 aliphatic carbocycles. The molecule has 0 radical (unpaired) electrons. The third kappa shape index (κ3) is 4.56. The number of ether oxygens (including phenoxy) is 1. The van der Waals surface area contributed by atoms with Gasteiger partial charge in [-0.05, 0) is 31.0 Å². The average molecular weight is 326 g/mol. The van der Waals surface area contributed by atoms with E-state index in [0.717, 1.165) is 5.56 Å². The number of halogens is 1. The van der Waals surface area contributed by atoms with Crippen LogP contribution in [0.25, 0.3) is 0 Å². The number of nitriles is 1. The molecule has 0 saturated carbocycles. The molecule has 24 heavy (non-hydrogen) atoms. The molecule has 0 saturated heterocycles. The molecule has 1 unspecified atom stereocenters. The number of esters is 1. The Balaban J connectivity index is 2.13. The molecule has 0 bridgehead atoms. The van der Waals surface area contributed by atoms with Gasteiger partial charge >= 0.3 is 5.97 Å². The molecule has 1 atom stereocenters. The van der Waals surface area contributed by atoms with Crippen LogP contribution in [0.4, 0.5) is 10.1 Å². The van der Waals surface area contributed by atoms with Crippen molar-refractivity contribution in [1.29, 1.82) is 5.26 Å². The normalized spacial score (nSPS) is 11.4. The molecule has 0 aliphatic rings. The first-order valence-corrected chi connectivity index (χ1v) is 7.78. The number of benzene rings is 2. The van der Waals surface area contributed by atoms with E-state index in [-0.39, 0.29) is 18.1 Å². The smallest absolute Gasteiger partial charge is 0.311 e. The van der Waals surface area contributed by atoms with Crippen molar-refractivity contribution in [2.75, 3.05) is 18.5 Å². The first-order chi connectivity index (χ1) is 11.7. The Kier molecular flexibility index (Phi) is 6.32. The van der Waals surface area contributed by atoms with E-state index in [2.05, 4.69) is 5.32 Å². The number of carbonyl (C=O) groups excluding carboxylic acids is 1. The Hall–Kier alpha value is -2.87. The van der Waals surface area contributed by atoms with Crippen molar-refractivity contribution in [3.63, 3.8) is 0 Å². The Morgan fingerprint density at radius 1 is 1.25 bits per heavy atom. The zero-order valence-electron chi connectivity index (χ0n) is 13.5. The van der Waals surface area contributed by atoms with Crippen molar-refractivity contribution in [2.45, 2.75) is 13.3 Å². The van der Waals surface area contributed by atoms with Crippen molar-refractivity contribution in [2.24, 2.45) is 5.92 Å². The number of rotatable bonds is 7. The van der Waals surface area contributed by atoms with Gasteiger partial charge in [0.05, 0.1) is 18.2 Å². The lowest BCUT2D eigenvalue weighted by atomic mass is 9.99. The summed E-state index contributed by atoms with van der Waals surface area (Å²) >= 11 is 0. The summed E-state index contributed by atoms with van der Waals surface area (Å²) in [5.74, 6) is -1.33. The highest BCUT2D eigenvalue weighted by Crippen LogP contribution is 2.19. The largest absolute Gasteiger partial charge is 0.466 e. The second-order valence-electron chi connectivity index (χ2n) is 5.29. The lowest BCUT2D eigenvalue weighted by molar-refractivity contribution is -0.147. The van der Waals surface area contributed by atoms with Crippen LogP contribution >= 0.6 is 0 Å². The summed E-state index contributed by atoms with van der Waals surface area (Å²) in [6.45, 7) is 2.31. The Morgan fingerprint density at radius 2 is 2.00 bits per heavy atom. The van der Waals surface area contributed by atoms with E-state index >= 15 is 0 Å². The van der Waals surface area contributed by atoms with Gasteiger partial charge in [-0.1, -0.05) is 36.4 Å². The topological polar surface area (TPSA) is 62.1 Å². The van der Waals surface area contributed by atoms with Crippen LogP contribution < -0.4 is 5.32 Å². The fourth-order valence-corrected chi connectivity index (χ4v) is 2.42. The second kappa shape index (κ2) is 8.68. The average Bonchev–Trinajstić information content (AvgIpc) is 2.59. The second-order valence-corrected chi connectivity index (χ2v) is 5.29. The van der Waals surface area contributed by atoms with E-state index in [4.69, 9.17) is 10.00 Å². The molecule has 0 amide bonds. The van der Waals surface area contributed by atoms with Gasteiger partial charge in [-0.25, -0.2) is 4.39 Å². The molecular weight excluding hydrogens is 307 g/mol. The van der Waals surface area contributed by atoms with Crippen LogP contribution in [0.15, 0.2) is 48.5 Å². The monoisotopic (exact) mass is 326 g/mol. The number of carbonyl (C=O) groups is 1. The van der Waals surface area contributed by atoms with Crippen molar-refractivity contribution >= 4 is 11.7 Å². The summed E-state index contributed by atoms with van der Waals surface area (Å²) in [6.07, 6.45) is 0.504. The zero-order valence-corrected chi connectivity index (χ0v) is 13.5. The van der Waals surface area contributed by atoms with Crippen LogP contribution in [0.5, 0.6) is 0 Å². The van der Waals surface area contributed by atoms with Crippen LogP contribution in [0.1, 0.15) is 18.1 Å². The third-order valence-electron chi connectivity index (χ3n) is 3.61. The van der Waals surface area contributed by atoms with Crippen LogP contribution in [0, 0.1) is 23.1 Å². The van der Waals surface area contributed by atoms with E-state index in [1.54, 1.807) is 13.0 Å². The highest BCUT2D eigenvalue weighted by atomic mass is 19.1. The van der Waals surface area contributed by atoms with Gasteiger partial charge in [0.15, 0.2) is 0 Å². The molecule has 2 rings (SSSR count). The molecule has 2 aromatic carbocycles. The van der Waals surface area contributed by atoms with Gasteiger partial charge in [0, 0.05) is 6.54 Å². The summed E-state index contributed by atoms with van der Waals surface area (Å²) in [5.41, 5.74) is 1.33. The summed E-state index contributed by atoms with van der Waals surface area (Å²) in [6, 6.07) is 15.8. The molecule has 4 nitrogen and oxygen atoms in total. The molecule has 0 fully saturated rings. The predicted octanol–water partition coefficient (Wildman–Crippen LogP) is 3.53. The molecule has 0 spiro atoms. The maximum Gasteiger partial charge on any atom is 0.311 e. The van der Waals surface area contributed by atoms with Crippen molar-refractivity contribution in [3.8, 4) is 6.07 Å². The number of nitrogens with one attached hydrogen (secondary N) is 1. The van der Waals surface area contributed by atoms with Gasteiger partial charge < -0.3 is 10.1 Å². The van der Waals surface area contributed by atoms with Crippen LogP contribution in [-0.4, -0.2) is 19.1 Å². The van der Waals surface area contributed by atoms with Crippen molar-refractivity contribution in [3.05, 3.63) is 65.5 Å². The molecule has 5 heteroatoms. The molecule has 0 heterocycles. The number of hydrogen-bond donors (Lipinski definition) is 1. The van der Waals surface area contributed by atoms with E-state index in [9.17, 15) is 9.18 Å².